The van der Waals surface area contributed by atoms with Gasteiger partial charge in [-0.1, -0.05) is 30.3 Å². The van der Waals surface area contributed by atoms with Crippen LogP contribution < -0.4 is 5.32 Å². The van der Waals surface area contributed by atoms with Gasteiger partial charge in [0, 0.05) is 5.38 Å². The van der Waals surface area contributed by atoms with E-state index in [0.29, 0.717) is 12.4 Å². The van der Waals surface area contributed by atoms with E-state index in [-0.39, 0.29) is 5.97 Å². The molecule has 2 aromatic rings. The minimum Gasteiger partial charge on any atom is -0.459 e. The van der Waals surface area contributed by atoms with Gasteiger partial charge in [-0.15, -0.1) is 11.3 Å². The zero-order valence-electron chi connectivity index (χ0n) is 10.00. The van der Waals surface area contributed by atoms with Crippen LogP contribution in [0.15, 0.2) is 41.2 Å². The molecule has 1 aromatic heterocycles. The van der Waals surface area contributed by atoms with Gasteiger partial charge in [-0.3, -0.25) is 0 Å². The summed E-state index contributed by atoms with van der Waals surface area (Å²) < 4.78 is 5.21. The summed E-state index contributed by atoms with van der Waals surface area (Å²) >= 11 is 1.48. The van der Waals surface area contributed by atoms with Crippen LogP contribution in [0.3, 0.4) is 0 Å². The van der Waals surface area contributed by atoms with Gasteiger partial charge in [-0.2, -0.15) is 0 Å². The molecule has 94 valence electrons. The van der Waals surface area contributed by atoms with E-state index in [1.807, 2.05) is 35.7 Å². The second kappa shape index (κ2) is 6.16. The monoisotopic (exact) mass is 262 g/mol. The van der Waals surface area contributed by atoms with Gasteiger partial charge in [0.25, 0.3) is 0 Å². The van der Waals surface area contributed by atoms with Crippen molar-refractivity contribution in [2.75, 3.05) is 5.32 Å². The molecule has 2 rings (SSSR count). The Kier molecular flexibility index (Phi) is 4.30. The first-order chi connectivity index (χ1) is 8.75. The highest BCUT2D eigenvalue weighted by Crippen LogP contribution is 2.09. The van der Waals surface area contributed by atoms with E-state index >= 15 is 0 Å². The summed E-state index contributed by atoms with van der Waals surface area (Å²) in [4.78, 5) is 15.8. The number of benzene rings is 1. The molecule has 0 unspecified atom stereocenters. The lowest BCUT2D eigenvalue weighted by Gasteiger charge is -2.12. The second-order valence-corrected chi connectivity index (χ2v) is 4.55. The van der Waals surface area contributed by atoms with E-state index in [1.165, 1.54) is 11.3 Å². The molecule has 1 aromatic carbocycles. The maximum Gasteiger partial charge on any atom is 0.328 e. The molecular formula is C13H14N2O2S. The predicted octanol–water partition coefficient (Wildman–Crippen LogP) is 2.69. The molecule has 0 saturated carbocycles. The van der Waals surface area contributed by atoms with Crippen LogP contribution in [0.25, 0.3) is 0 Å². The predicted molar refractivity (Wildman–Crippen MR) is 71.4 cm³/mol. The van der Waals surface area contributed by atoms with Crippen LogP contribution in [0.1, 0.15) is 12.5 Å². The molecule has 0 aliphatic heterocycles. The zero-order chi connectivity index (χ0) is 12.8. The van der Waals surface area contributed by atoms with Gasteiger partial charge in [0.15, 0.2) is 0 Å². The fourth-order valence-corrected chi connectivity index (χ4v) is 1.91. The number of nitrogens with zero attached hydrogens (tertiary/aromatic N) is 1. The Morgan fingerprint density at radius 3 is 2.89 bits per heavy atom. The Morgan fingerprint density at radius 2 is 2.22 bits per heavy atom. The normalized spacial score (nSPS) is 11.8. The van der Waals surface area contributed by atoms with E-state index in [9.17, 15) is 4.79 Å². The topological polar surface area (TPSA) is 51.2 Å². The fourth-order valence-electron chi connectivity index (χ4n) is 1.42. The fraction of sp³-hybridized carbons (Fsp3) is 0.231. The van der Waals surface area contributed by atoms with E-state index in [2.05, 4.69) is 10.3 Å². The van der Waals surface area contributed by atoms with Gasteiger partial charge in [0.1, 0.15) is 18.5 Å². The van der Waals surface area contributed by atoms with Crippen molar-refractivity contribution >= 4 is 23.1 Å². The Bertz CT molecular complexity index is 485. The minimum atomic E-state index is -0.407. The average Bonchev–Trinajstić information content (AvgIpc) is 2.90. The Balaban J connectivity index is 1.81. The quantitative estimate of drug-likeness (QED) is 0.842. The third-order valence-corrected chi connectivity index (χ3v) is 2.96. The molecule has 4 nitrogen and oxygen atoms in total. The Labute approximate surface area is 110 Å². The number of esters is 1. The van der Waals surface area contributed by atoms with Gasteiger partial charge in [0.2, 0.25) is 0 Å². The standard InChI is InChI=1S/C13H14N2O2S/c1-10(15-12-8-18-9-14-12)13(16)17-7-11-5-3-2-4-6-11/h2-6,8-10,15H,7H2,1H3/t10-/m0/s1. The maximum atomic E-state index is 11.7. The second-order valence-electron chi connectivity index (χ2n) is 3.83. The maximum absolute atomic E-state index is 11.7. The van der Waals surface area contributed by atoms with Crippen LogP contribution in [-0.4, -0.2) is 17.0 Å². The number of carbonyl (C=O) groups excluding carboxylic acids is 1. The first-order valence-electron chi connectivity index (χ1n) is 5.61. The number of anilines is 1. The number of hydrogen-bond donors (Lipinski definition) is 1. The molecule has 0 fully saturated rings. The summed E-state index contributed by atoms with van der Waals surface area (Å²) in [6.45, 7) is 2.05. The average molecular weight is 262 g/mol. The van der Waals surface area contributed by atoms with Crippen LogP contribution in [0, 0.1) is 0 Å². The lowest BCUT2D eigenvalue weighted by Crippen LogP contribution is -2.28. The number of rotatable bonds is 5. The molecule has 0 bridgehead atoms. The van der Waals surface area contributed by atoms with Gasteiger partial charge in [-0.05, 0) is 12.5 Å². The van der Waals surface area contributed by atoms with Gasteiger partial charge < -0.3 is 10.1 Å². The van der Waals surface area contributed by atoms with E-state index in [0.717, 1.165) is 5.56 Å². The highest BCUT2D eigenvalue weighted by atomic mass is 32.1. The highest BCUT2D eigenvalue weighted by Gasteiger charge is 2.14. The van der Waals surface area contributed by atoms with Gasteiger partial charge >= 0.3 is 5.97 Å². The molecular weight excluding hydrogens is 248 g/mol. The molecule has 0 aliphatic carbocycles. The van der Waals surface area contributed by atoms with Crippen LogP contribution in [0.2, 0.25) is 0 Å². The summed E-state index contributed by atoms with van der Waals surface area (Å²) in [5, 5.41) is 4.83. The van der Waals surface area contributed by atoms with Crippen LogP contribution in [0.4, 0.5) is 5.82 Å². The Hall–Kier alpha value is -1.88. The third kappa shape index (κ3) is 3.56. The number of nitrogens with one attached hydrogen (secondary N) is 1. The van der Waals surface area contributed by atoms with Crippen molar-refractivity contribution in [2.45, 2.75) is 19.6 Å². The van der Waals surface area contributed by atoms with Crippen molar-refractivity contribution in [1.29, 1.82) is 0 Å². The summed E-state index contributed by atoms with van der Waals surface area (Å²) in [7, 11) is 0. The van der Waals surface area contributed by atoms with Crippen molar-refractivity contribution in [2.24, 2.45) is 0 Å². The summed E-state index contributed by atoms with van der Waals surface area (Å²) in [6.07, 6.45) is 0. The van der Waals surface area contributed by atoms with Crippen molar-refractivity contribution in [1.82, 2.24) is 4.98 Å². The van der Waals surface area contributed by atoms with Crippen molar-refractivity contribution in [3.63, 3.8) is 0 Å². The summed E-state index contributed by atoms with van der Waals surface area (Å²) in [5.41, 5.74) is 2.69. The first kappa shape index (κ1) is 12.6. The first-order valence-corrected chi connectivity index (χ1v) is 6.55. The SMILES string of the molecule is C[C@H](Nc1cscn1)C(=O)OCc1ccccc1. The van der Waals surface area contributed by atoms with Gasteiger partial charge in [0.05, 0.1) is 5.51 Å². The van der Waals surface area contributed by atoms with Crippen molar-refractivity contribution < 1.29 is 9.53 Å². The molecule has 0 aliphatic rings. The van der Waals surface area contributed by atoms with Crippen LogP contribution >= 0.6 is 11.3 Å². The molecule has 1 N–H and O–H groups in total. The van der Waals surface area contributed by atoms with E-state index < -0.39 is 6.04 Å². The number of aromatic nitrogens is 1. The number of hydrogen-bond acceptors (Lipinski definition) is 5. The van der Waals surface area contributed by atoms with Crippen molar-refractivity contribution in [3.05, 3.63) is 46.8 Å². The van der Waals surface area contributed by atoms with Crippen molar-refractivity contribution in [3.8, 4) is 0 Å². The van der Waals surface area contributed by atoms with Crippen LogP contribution in [-0.2, 0) is 16.1 Å². The van der Waals surface area contributed by atoms with Crippen LogP contribution in [0.5, 0.6) is 0 Å². The largest absolute Gasteiger partial charge is 0.459 e. The molecule has 18 heavy (non-hydrogen) atoms. The van der Waals surface area contributed by atoms with E-state index in [4.69, 9.17) is 4.74 Å². The number of carbonyl (C=O) groups is 1. The molecule has 5 heteroatoms. The van der Waals surface area contributed by atoms with E-state index in [1.54, 1.807) is 12.4 Å². The number of thiazole rings is 1. The molecule has 1 heterocycles. The molecule has 1 atom stereocenters. The summed E-state index contributed by atoms with van der Waals surface area (Å²) in [6, 6.07) is 9.20. The smallest absolute Gasteiger partial charge is 0.328 e. The lowest BCUT2D eigenvalue weighted by molar-refractivity contribution is -0.145. The zero-order valence-corrected chi connectivity index (χ0v) is 10.8. The molecule has 0 amide bonds. The highest BCUT2D eigenvalue weighted by molar-refractivity contribution is 7.07. The Morgan fingerprint density at radius 1 is 1.44 bits per heavy atom. The summed E-state index contributed by atoms with van der Waals surface area (Å²) in [5.74, 6) is 0.413. The third-order valence-electron chi connectivity index (χ3n) is 2.37. The minimum absolute atomic E-state index is 0.285. The number of ether oxygens (including phenoxy) is 1. The lowest BCUT2D eigenvalue weighted by atomic mass is 10.2. The van der Waals surface area contributed by atoms with Gasteiger partial charge in [-0.25, -0.2) is 9.78 Å². The molecule has 0 radical (unpaired) electrons. The molecule has 0 spiro atoms. The molecule has 0 saturated heterocycles.